The fourth-order valence-corrected chi connectivity index (χ4v) is 4.85. The summed E-state index contributed by atoms with van der Waals surface area (Å²) >= 11 is 2.71. The molecule has 32 heavy (non-hydrogen) atoms. The summed E-state index contributed by atoms with van der Waals surface area (Å²) in [5.41, 5.74) is 5.30. The van der Waals surface area contributed by atoms with E-state index in [1.165, 1.54) is 37.2 Å². The van der Waals surface area contributed by atoms with Crippen LogP contribution < -0.4 is 17.0 Å². The molecular formula is C21H20N6O3S2. The summed E-state index contributed by atoms with van der Waals surface area (Å²) < 4.78 is 3.85. The summed E-state index contributed by atoms with van der Waals surface area (Å²) in [7, 11) is 2.74. The largest absolute Gasteiger partial charge is 0.384 e. The van der Waals surface area contributed by atoms with E-state index in [1.54, 1.807) is 6.92 Å². The molecule has 0 bridgehead atoms. The second kappa shape index (κ2) is 8.60. The van der Waals surface area contributed by atoms with Gasteiger partial charge in [0.05, 0.1) is 10.1 Å². The minimum Gasteiger partial charge on any atom is -0.384 e. The number of nitrogens with two attached hydrogens (primary N) is 1. The number of Topliss-reactive ketones (excluding diaryl/α,β-unsaturated/α-hetero) is 1. The van der Waals surface area contributed by atoms with Crippen molar-refractivity contribution in [3.8, 4) is 16.4 Å². The minimum atomic E-state index is -0.716. The summed E-state index contributed by atoms with van der Waals surface area (Å²) in [5.74, 6) is 0.0224. The van der Waals surface area contributed by atoms with Crippen molar-refractivity contribution >= 4 is 34.7 Å². The second-order valence-electron chi connectivity index (χ2n) is 7.04. The number of aromatic nitrogens is 5. The topological polar surface area (TPSA) is 118 Å². The predicted molar refractivity (Wildman–Crippen MR) is 126 cm³/mol. The Labute approximate surface area is 191 Å². The Kier molecular flexibility index (Phi) is 5.85. The first-order chi connectivity index (χ1) is 15.3. The van der Waals surface area contributed by atoms with Gasteiger partial charge in [0.15, 0.2) is 16.8 Å². The van der Waals surface area contributed by atoms with Crippen LogP contribution >= 0.6 is 23.1 Å². The standard InChI is InChI=1S/C21H20N6O3S2/c1-12(16(28)15-17(22)25(2)21(30)26(3)19(15)29)32-20-24-23-18(14-10-7-11-31-14)27(20)13-8-5-4-6-9-13/h4-12H,22H2,1-3H3/t12-/m1/s1. The smallest absolute Gasteiger partial charge is 0.332 e. The molecule has 0 aliphatic heterocycles. The molecule has 0 saturated heterocycles. The van der Waals surface area contributed by atoms with Crippen molar-refractivity contribution in [1.82, 2.24) is 23.9 Å². The molecule has 1 atom stereocenters. The number of nitrogens with zero attached hydrogens (tertiary/aromatic N) is 5. The van der Waals surface area contributed by atoms with E-state index >= 15 is 0 Å². The highest BCUT2D eigenvalue weighted by Gasteiger charge is 2.28. The van der Waals surface area contributed by atoms with Crippen molar-refractivity contribution in [3.63, 3.8) is 0 Å². The highest BCUT2D eigenvalue weighted by atomic mass is 32.2. The third-order valence-electron chi connectivity index (χ3n) is 5.00. The van der Waals surface area contributed by atoms with Gasteiger partial charge in [-0.05, 0) is 30.5 Å². The first kappa shape index (κ1) is 21.8. The monoisotopic (exact) mass is 468 g/mol. The SMILES string of the molecule is C[C@@H](Sc1nnc(-c2cccs2)n1-c1ccccc1)C(=O)c1c(N)n(C)c(=O)n(C)c1=O. The van der Waals surface area contributed by atoms with Crippen molar-refractivity contribution in [2.45, 2.75) is 17.3 Å². The zero-order valence-electron chi connectivity index (χ0n) is 17.6. The summed E-state index contributed by atoms with van der Waals surface area (Å²) in [4.78, 5) is 38.8. The Morgan fingerprint density at radius 2 is 1.78 bits per heavy atom. The maximum absolute atomic E-state index is 13.2. The lowest BCUT2D eigenvalue weighted by Gasteiger charge is -2.15. The number of anilines is 1. The lowest BCUT2D eigenvalue weighted by atomic mass is 10.1. The van der Waals surface area contributed by atoms with Crippen LogP contribution in [-0.4, -0.2) is 34.9 Å². The number of thioether (sulfide) groups is 1. The zero-order chi connectivity index (χ0) is 23.0. The molecule has 0 amide bonds. The van der Waals surface area contributed by atoms with E-state index in [0.717, 1.165) is 19.7 Å². The Morgan fingerprint density at radius 3 is 2.44 bits per heavy atom. The Morgan fingerprint density at radius 1 is 1.06 bits per heavy atom. The number of para-hydroxylation sites is 1. The number of rotatable bonds is 6. The molecule has 0 saturated carbocycles. The number of carbonyl (C=O) groups excluding carboxylic acids is 1. The molecule has 3 heterocycles. The van der Waals surface area contributed by atoms with Crippen molar-refractivity contribution < 1.29 is 4.79 Å². The Hall–Kier alpha value is -3.44. The zero-order valence-corrected chi connectivity index (χ0v) is 19.2. The highest BCUT2D eigenvalue weighted by molar-refractivity contribution is 8.00. The van der Waals surface area contributed by atoms with Gasteiger partial charge in [-0.15, -0.1) is 21.5 Å². The van der Waals surface area contributed by atoms with Gasteiger partial charge in [0.2, 0.25) is 0 Å². The molecule has 9 nitrogen and oxygen atoms in total. The van der Waals surface area contributed by atoms with Crippen LogP contribution in [0.4, 0.5) is 5.82 Å². The molecule has 0 spiro atoms. The van der Waals surface area contributed by atoms with Crippen molar-refractivity contribution in [3.05, 3.63) is 74.2 Å². The molecule has 1 aromatic carbocycles. The van der Waals surface area contributed by atoms with Crippen LogP contribution in [0.2, 0.25) is 0 Å². The molecular weight excluding hydrogens is 448 g/mol. The number of hydrogen-bond donors (Lipinski definition) is 1. The minimum absolute atomic E-state index is 0.153. The molecule has 3 aromatic heterocycles. The molecule has 0 unspecified atom stereocenters. The normalized spacial score (nSPS) is 12.1. The van der Waals surface area contributed by atoms with Gasteiger partial charge in [0.25, 0.3) is 5.56 Å². The summed E-state index contributed by atoms with van der Waals surface area (Å²) in [5, 5.41) is 10.4. The number of carbonyl (C=O) groups is 1. The molecule has 2 N–H and O–H groups in total. The Bertz CT molecular complexity index is 1400. The lowest BCUT2D eigenvalue weighted by molar-refractivity contribution is 0.0992. The van der Waals surface area contributed by atoms with Crippen LogP contribution in [0.5, 0.6) is 0 Å². The van der Waals surface area contributed by atoms with Crippen LogP contribution in [-0.2, 0) is 14.1 Å². The maximum atomic E-state index is 13.2. The van der Waals surface area contributed by atoms with Gasteiger partial charge in [0, 0.05) is 19.8 Å². The molecule has 164 valence electrons. The van der Waals surface area contributed by atoms with Crippen LogP contribution in [0.15, 0.2) is 62.6 Å². The third kappa shape index (κ3) is 3.69. The number of benzene rings is 1. The van der Waals surface area contributed by atoms with E-state index in [4.69, 9.17) is 5.73 Å². The summed E-state index contributed by atoms with van der Waals surface area (Å²) in [6.07, 6.45) is 0. The predicted octanol–water partition coefficient (Wildman–Crippen LogP) is 2.34. The van der Waals surface area contributed by atoms with Gasteiger partial charge < -0.3 is 5.73 Å². The average molecular weight is 469 g/mol. The van der Waals surface area contributed by atoms with E-state index in [0.29, 0.717) is 11.0 Å². The fraction of sp³-hybridized carbons (Fsp3) is 0.190. The van der Waals surface area contributed by atoms with Crippen molar-refractivity contribution in [2.24, 2.45) is 14.1 Å². The summed E-state index contributed by atoms with van der Waals surface area (Å²) in [6.45, 7) is 1.67. The average Bonchev–Trinajstić information content (AvgIpc) is 3.47. The molecule has 0 radical (unpaired) electrons. The second-order valence-corrected chi connectivity index (χ2v) is 9.30. The van der Waals surface area contributed by atoms with E-state index in [9.17, 15) is 14.4 Å². The van der Waals surface area contributed by atoms with Gasteiger partial charge in [-0.25, -0.2) is 4.79 Å². The van der Waals surface area contributed by atoms with Gasteiger partial charge in [0.1, 0.15) is 11.4 Å². The van der Waals surface area contributed by atoms with Gasteiger partial charge in [-0.1, -0.05) is 36.0 Å². The van der Waals surface area contributed by atoms with Crippen LogP contribution in [0.3, 0.4) is 0 Å². The van der Waals surface area contributed by atoms with Crippen molar-refractivity contribution in [1.29, 1.82) is 0 Å². The first-order valence-corrected chi connectivity index (χ1v) is 11.4. The lowest BCUT2D eigenvalue weighted by Crippen LogP contribution is -2.42. The number of thiophene rings is 1. The fourth-order valence-electron chi connectivity index (χ4n) is 3.23. The maximum Gasteiger partial charge on any atom is 0.332 e. The van der Waals surface area contributed by atoms with Gasteiger partial charge in [-0.2, -0.15) is 0 Å². The molecule has 11 heteroatoms. The number of hydrogen-bond acceptors (Lipinski definition) is 8. The van der Waals surface area contributed by atoms with E-state index < -0.39 is 22.3 Å². The summed E-state index contributed by atoms with van der Waals surface area (Å²) in [6, 6.07) is 13.5. The quantitative estimate of drug-likeness (QED) is 0.341. The van der Waals surface area contributed by atoms with Crippen LogP contribution in [0.25, 0.3) is 16.4 Å². The van der Waals surface area contributed by atoms with Gasteiger partial charge in [-0.3, -0.25) is 23.3 Å². The third-order valence-corrected chi connectivity index (χ3v) is 6.91. The van der Waals surface area contributed by atoms with Crippen LogP contribution in [0, 0.1) is 0 Å². The Balaban J connectivity index is 1.75. The molecule has 0 aliphatic carbocycles. The molecule has 4 aromatic rings. The molecule has 0 fully saturated rings. The van der Waals surface area contributed by atoms with Gasteiger partial charge >= 0.3 is 5.69 Å². The highest BCUT2D eigenvalue weighted by Crippen LogP contribution is 2.32. The number of nitrogen functional groups attached to an aromatic ring is 1. The number of ketones is 1. The first-order valence-electron chi connectivity index (χ1n) is 9.62. The molecule has 4 rings (SSSR count). The van der Waals surface area contributed by atoms with E-state index in [2.05, 4.69) is 10.2 Å². The molecule has 0 aliphatic rings. The van der Waals surface area contributed by atoms with E-state index in [-0.39, 0.29) is 11.4 Å². The van der Waals surface area contributed by atoms with Crippen molar-refractivity contribution in [2.75, 3.05) is 5.73 Å². The van der Waals surface area contributed by atoms with Crippen LogP contribution in [0.1, 0.15) is 17.3 Å². The van der Waals surface area contributed by atoms with E-state index in [1.807, 2.05) is 52.4 Å².